The van der Waals surface area contributed by atoms with E-state index in [2.05, 4.69) is 0 Å². The van der Waals surface area contributed by atoms with E-state index < -0.39 is 42.1 Å². The number of benzene rings is 1. The molecule has 146 valence electrons. The van der Waals surface area contributed by atoms with Crippen molar-refractivity contribution in [2.45, 2.75) is 45.7 Å². The summed E-state index contributed by atoms with van der Waals surface area (Å²) >= 11 is 0. The second-order valence-corrected chi connectivity index (χ2v) is 6.07. The Labute approximate surface area is 158 Å². The van der Waals surface area contributed by atoms with E-state index in [0.29, 0.717) is 0 Å². The lowest BCUT2D eigenvalue weighted by atomic mass is 9.88. The summed E-state index contributed by atoms with van der Waals surface area (Å²) in [7, 11) is 0. The van der Waals surface area contributed by atoms with Gasteiger partial charge in [0.15, 0.2) is 0 Å². The number of ether oxygens (including phenoxy) is 4. The fourth-order valence-corrected chi connectivity index (χ4v) is 2.88. The molecular formula is C20H24O7. The highest BCUT2D eigenvalue weighted by molar-refractivity contribution is 5.77. The SMILES string of the molecule is CCOC(=O)[C@H]1C=C[C@H](OC(C)=O)[C@@H](OCc2ccccc2)[C@@H]1OC(C)=O. The standard InChI is InChI=1S/C20H24O7/c1-4-24-20(23)16-10-11-17(26-13(2)21)19(18(16)27-14(3)22)25-12-15-8-6-5-7-9-15/h5-11,16-19H,4,12H2,1-3H3/t16-,17-,18+,19+/m0/s1. The van der Waals surface area contributed by atoms with Gasteiger partial charge in [0, 0.05) is 13.8 Å². The molecule has 0 unspecified atom stereocenters. The van der Waals surface area contributed by atoms with Crippen molar-refractivity contribution in [1.82, 2.24) is 0 Å². The van der Waals surface area contributed by atoms with Gasteiger partial charge in [0.1, 0.15) is 24.2 Å². The normalized spacial score (nSPS) is 24.1. The van der Waals surface area contributed by atoms with Gasteiger partial charge in [-0.3, -0.25) is 14.4 Å². The molecule has 7 nitrogen and oxygen atoms in total. The third-order valence-electron chi connectivity index (χ3n) is 3.96. The van der Waals surface area contributed by atoms with Gasteiger partial charge in [0.05, 0.1) is 13.2 Å². The predicted octanol–water partition coefficient (Wildman–Crippen LogP) is 2.18. The first-order valence-corrected chi connectivity index (χ1v) is 8.77. The van der Waals surface area contributed by atoms with E-state index in [0.717, 1.165) is 5.56 Å². The van der Waals surface area contributed by atoms with Crippen molar-refractivity contribution in [1.29, 1.82) is 0 Å². The number of carbonyl (C=O) groups excluding carboxylic acids is 3. The largest absolute Gasteiger partial charge is 0.465 e. The lowest BCUT2D eigenvalue weighted by Crippen LogP contribution is -2.51. The van der Waals surface area contributed by atoms with Crippen LogP contribution < -0.4 is 0 Å². The van der Waals surface area contributed by atoms with Crippen LogP contribution in [-0.4, -0.2) is 42.8 Å². The molecule has 0 saturated heterocycles. The zero-order valence-electron chi connectivity index (χ0n) is 15.6. The molecule has 7 heteroatoms. The van der Waals surface area contributed by atoms with Gasteiger partial charge < -0.3 is 18.9 Å². The van der Waals surface area contributed by atoms with Gasteiger partial charge in [0.25, 0.3) is 0 Å². The van der Waals surface area contributed by atoms with Crippen LogP contribution >= 0.6 is 0 Å². The van der Waals surface area contributed by atoms with E-state index in [1.165, 1.54) is 19.9 Å². The van der Waals surface area contributed by atoms with Crippen LogP contribution in [-0.2, 0) is 39.9 Å². The summed E-state index contributed by atoms with van der Waals surface area (Å²) < 4.78 is 21.7. The Morgan fingerprint density at radius 3 is 2.19 bits per heavy atom. The van der Waals surface area contributed by atoms with Gasteiger partial charge in [-0.15, -0.1) is 0 Å². The van der Waals surface area contributed by atoms with Crippen LogP contribution in [0.25, 0.3) is 0 Å². The number of carbonyl (C=O) groups is 3. The Hall–Kier alpha value is -2.67. The topological polar surface area (TPSA) is 88.1 Å². The van der Waals surface area contributed by atoms with E-state index >= 15 is 0 Å². The monoisotopic (exact) mass is 376 g/mol. The van der Waals surface area contributed by atoms with Crippen molar-refractivity contribution in [3.63, 3.8) is 0 Å². The zero-order valence-corrected chi connectivity index (χ0v) is 15.6. The van der Waals surface area contributed by atoms with Gasteiger partial charge in [-0.05, 0) is 18.6 Å². The molecule has 2 rings (SSSR count). The Balaban J connectivity index is 2.28. The molecule has 1 aliphatic carbocycles. The molecule has 0 aliphatic heterocycles. The van der Waals surface area contributed by atoms with Gasteiger partial charge >= 0.3 is 17.9 Å². The number of rotatable bonds is 7. The lowest BCUT2D eigenvalue weighted by Gasteiger charge is -2.37. The van der Waals surface area contributed by atoms with Crippen LogP contribution in [0.1, 0.15) is 26.3 Å². The van der Waals surface area contributed by atoms with Crippen LogP contribution in [0.5, 0.6) is 0 Å². The maximum absolute atomic E-state index is 12.3. The van der Waals surface area contributed by atoms with E-state index in [-0.39, 0.29) is 13.2 Å². The molecule has 27 heavy (non-hydrogen) atoms. The van der Waals surface area contributed by atoms with Crippen LogP contribution in [0.2, 0.25) is 0 Å². The molecule has 0 N–H and O–H groups in total. The van der Waals surface area contributed by atoms with Crippen molar-refractivity contribution < 1.29 is 33.3 Å². The van der Waals surface area contributed by atoms with E-state index in [4.69, 9.17) is 18.9 Å². The Kier molecular flexibility index (Phi) is 7.55. The maximum Gasteiger partial charge on any atom is 0.316 e. The van der Waals surface area contributed by atoms with Gasteiger partial charge in [-0.25, -0.2) is 0 Å². The van der Waals surface area contributed by atoms with Gasteiger partial charge in [-0.1, -0.05) is 36.4 Å². The summed E-state index contributed by atoms with van der Waals surface area (Å²) in [5.41, 5.74) is 0.892. The summed E-state index contributed by atoms with van der Waals surface area (Å²) in [5, 5.41) is 0. The Bertz CT molecular complexity index is 683. The quantitative estimate of drug-likeness (QED) is 0.409. The molecular weight excluding hydrogens is 352 g/mol. The molecule has 0 heterocycles. The van der Waals surface area contributed by atoms with Crippen LogP contribution in [0.4, 0.5) is 0 Å². The molecule has 0 saturated carbocycles. The third-order valence-corrected chi connectivity index (χ3v) is 3.96. The molecule has 0 aromatic heterocycles. The first kappa shape index (κ1) is 20.6. The fourth-order valence-electron chi connectivity index (χ4n) is 2.88. The van der Waals surface area contributed by atoms with Crippen molar-refractivity contribution >= 4 is 17.9 Å². The van der Waals surface area contributed by atoms with Gasteiger partial charge in [0.2, 0.25) is 0 Å². The Morgan fingerprint density at radius 1 is 0.926 bits per heavy atom. The minimum Gasteiger partial charge on any atom is -0.465 e. The predicted molar refractivity (Wildman–Crippen MR) is 95.4 cm³/mol. The fraction of sp³-hybridized carbons (Fsp3) is 0.450. The van der Waals surface area contributed by atoms with Crippen molar-refractivity contribution in [3.05, 3.63) is 48.0 Å². The molecule has 0 fully saturated rings. The van der Waals surface area contributed by atoms with Crippen molar-refractivity contribution in [2.24, 2.45) is 5.92 Å². The minimum absolute atomic E-state index is 0.193. The number of esters is 3. The first-order valence-electron chi connectivity index (χ1n) is 8.77. The molecule has 0 radical (unpaired) electrons. The number of hydrogen-bond donors (Lipinski definition) is 0. The molecule has 4 atom stereocenters. The minimum atomic E-state index is -0.973. The van der Waals surface area contributed by atoms with Crippen LogP contribution in [0, 0.1) is 5.92 Å². The average molecular weight is 376 g/mol. The highest BCUT2D eigenvalue weighted by Crippen LogP contribution is 2.28. The summed E-state index contributed by atoms with van der Waals surface area (Å²) in [4.78, 5) is 35.4. The molecule has 0 spiro atoms. The molecule has 1 aliphatic rings. The second kappa shape index (κ2) is 9.87. The Morgan fingerprint density at radius 2 is 1.59 bits per heavy atom. The number of hydrogen-bond acceptors (Lipinski definition) is 7. The summed E-state index contributed by atoms with van der Waals surface area (Å²) in [6.45, 7) is 4.61. The van der Waals surface area contributed by atoms with E-state index in [1.807, 2.05) is 30.3 Å². The van der Waals surface area contributed by atoms with E-state index in [9.17, 15) is 14.4 Å². The smallest absolute Gasteiger partial charge is 0.316 e. The molecule has 0 amide bonds. The van der Waals surface area contributed by atoms with Crippen LogP contribution in [0.3, 0.4) is 0 Å². The average Bonchev–Trinajstić information content (AvgIpc) is 2.61. The summed E-state index contributed by atoms with van der Waals surface area (Å²) in [6, 6.07) is 9.38. The molecule has 1 aromatic carbocycles. The van der Waals surface area contributed by atoms with Gasteiger partial charge in [-0.2, -0.15) is 0 Å². The zero-order chi connectivity index (χ0) is 19.8. The lowest BCUT2D eigenvalue weighted by molar-refractivity contribution is -0.183. The second-order valence-electron chi connectivity index (χ2n) is 6.07. The van der Waals surface area contributed by atoms with Crippen LogP contribution in [0.15, 0.2) is 42.5 Å². The third kappa shape index (κ3) is 5.92. The highest BCUT2D eigenvalue weighted by Gasteiger charge is 2.45. The summed E-state index contributed by atoms with van der Waals surface area (Å²) in [5.74, 6) is -2.45. The molecule has 0 bridgehead atoms. The molecule has 1 aromatic rings. The van der Waals surface area contributed by atoms with E-state index in [1.54, 1.807) is 13.0 Å². The highest BCUT2D eigenvalue weighted by atomic mass is 16.6. The first-order chi connectivity index (χ1) is 12.9. The summed E-state index contributed by atoms with van der Waals surface area (Å²) in [6.07, 6.45) is 0.485. The van der Waals surface area contributed by atoms with Crippen molar-refractivity contribution in [3.8, 4) is 0 Å². The van der Waals surface area contributed by atoms with Crippen molar-refractivity contribution in [2.75, 3.05) is 6.61 Å². The maximum atomic E-state index is 12.3.